The van der Waals surface area contributed by atoms with Crippen LogP contribution in [-0.4, -0.2) is 10.2 Å². The second-order valence-corrected chi connectivity index (χ2v) is 7.32. The summed E-state index contributed by atoms with van der Waals surface area (Å²) in [6, 6.07) is 12.0. The lowest BCUT2D eigenvalue weighted by Gasteiger charge is -2.34. The molecule has 24 heavy (non-hydrogen) atoms. The summed E-state index contributed by atoms with van der Waals surface area (Å²) in [6.45, 7) is 10.9. The van der Waals surface area contributed by atoms with Gasteiger partial charge in [0.25, 0.3) is 0 Å². The first-order chi connectivity index (χ1) is 11.3. The molecule has 0 spiro atoms. The largest absolute Gasteiger partial charge is 0.508 e. The van der Waals surface area contributed by atoms with E-state index >= 15 is 0 Å². The van der Waals surface area contributed by atoms with Gasteiger partial charge >= 0.3 is 0 Å². The van der Waals surface area contributed by atoms with Gasteiger partial charge in [-0.15, -0.1) is 0 Å². The van der Waals surface area contributed by atoms with Crippen molar-refractivity contribution in [3.05, 3.63) is 58.7 Å². The molecule has 0 aliphatic rings. The minimum Gasteiger partial charge on any atom is -0.508 e. The van der Waals surface area contributed by atoms with Gasteiger partial charge in [-0.3, -0.25) is 0 Å². The first-order valence-corrected chi connectivity index (χ1v) is 8.96. The maximum Gasteiger partial charge on any atom is 0.118 e. The topological polar surface area (TPSA) is 40.5 Å². The summed E-state index contributed by atoms with van der Waals surface area (Å²) < 4.78 is 0. The Labute approximate surface area is 146 Å². The molecule has 0 aliphatic heterocycles. The van der Waals surface area contributed by atoms with E-state index in [1.165, 1.54) is 11.1 Å². The molecule has 0 aromatic heterocycles. The molecule has 2 rings (SSSR count). The van der Waals surface area contributed by atoms with Crippen LogP contribution in [0.3, 0.4) is 0 Å². The molecule has 130 valence electrons. The zero-order valence-electron chi connectivity index (χ0n) is 15.6. The number of aryl methyl sites for hydroxylation is 2. The minimum atomic E-state index is -0.149. The van der Waals surface area contributed by atoms with Crippen molar-refractivity contribution in [2.75, 3.05) is 0 Å². The van der Waals surface area contributed by atoms with Crippen molar-refractivity contribution < 1.29 is 10.2 Å². The Hall–Kier alpha value is -1.96. The Bertz CT molecular complexity index is 648. The Morgan fingerprint density at radius 2 is 1.25 bits per heavy atom. The molecule has 2 aromatic carbocycles. The Kier molecular flexibility index (Phi) is 5.58. The van der Waals surface area contributed by atoms with E-state index in [4.69, 9.17) is 0 Å². The molecule has 0 saturated carbocycles. The van der Waals surface area contributed by atoms with Crippen LogP contribution in [0.2, 0.25) is 0 Å². The molecule has 0 bridgehead atoms. The summed E-state index contributed by atoms with van der Waals surface area (Å²) in [4.78, 5) is 0. The van der Waals surface area contributed by atoms with Gasteiger partial charge in [0.05, 0.1) is 0 Å². The smallest absolute Gasteiger partial charge is 0.118 e. The van der Waals surface area contributed by atoms with Gasteiger partial charge in [-0.05, 0) is 59.6 Å². The fourth-order valence-corrected chi connectivity index (χ4v) is 3.64. The minimum absolute atomic E-state index is 0.149. The van der Waals surface area contributed by atoms with Crippen LogP contribution >= 0.6 is 0 Å². The number of phenolic OH excluding ortho intramolecular Hbond substituents is 2. The van der Waals surface area contributed by atoms with Crippen molar-refractivity contribution in [1.82, 2.24) is 0 Å². The van der Waals surface area contributed by atoms with Gasteiger partial charge in [0.15, 0.2) is 0 Å². The molecule has 0 saturated heterocycles. The third kappa shape index (κ3) is 3.58. The molecular formula is C22H30O2. The van der Waals surface area contributed by atoms with Crippen LogP contribution in [0.25, 0.3) is 0 Å². The lowest BCUT2D eigenvalue weighted by Crippen LogP contribution is -2.26. The molecule has 2 heteroatoms. The fourth-order valence-electron chi connectivity index (χ4n) is 3.64. The van der Waals surface area contributed by atoms with Gasteiger partial charge in [-0.2, -0.15) is 0 Å². The summed E-state index contributed by atoms with van der Waals surface area (Å²) in [5.74, 6) is 1.27. The highest BCUT2D eigenvalue weighted by Gasteiger charge is 2.31. The lowest BCUT2D eigenvalue weighted by atomic mass is 9.70. The van der Waals surface area contributed by atoms with E-state index in [0.29, 0.717) is 17.4 Å². The van der Waals surface area contributed by atoms with Crippen LogP contribution in [0.4, 0.5) is 0 Å². The van der Waals surface area contributed by atoms with E-state index in [9.17, 15) is 10.2 Å². The molecule has 0 atom stereocenters. The van der Waals surface area contributed by atoms with Crippen LogP contribution < -0.4 is 0 Å². The Morgan fingerprint density at radius 3 is 1.58 bits per heavy atom. The van der Waals surface area contributed by atoms with Crippen LogP contribution in [0, 0.1) is 5.92 Å². The van der Waals surface area contributed by atoms with E-state index in [-0.39, 0.29) is 5.41 Å². The fraction of sp³-hybridized carbons (Fsp3) is 0.455. The maximum atomic E-state index is 10.0. The molecule has 2 N–H and O–H groups in total. The lowest BCUT2D eigenvalue weighted by molar-refractivity contribution is 0.423. The second kappa shape index (κ2) is 7.29. The van der Waals surface area contributed by atoms with Crippen LogP contribution in [0.15, 0.2) is 36.4 Å². The molecule has 0 fully saturated rings. The van der Waals surface area contributed by atoms with E-state index in [2.05, 4.69) is 46.8 Å². The second-order valence-electron chi connectivity index (χ2n) is 7.32. The molecule has 0 aliphatic carbocycles. The molecular weight excluding hydrogens is 296 g/mol. The number of aromatic hydroxyl groups is 2. The number of benzene rings is 2. The van der Waals surface area contributed by atoms with Gasteiger partial charge in [-0.1, -0.05) is 58.9 Å². The normalized spacial score (nSPS) is 11.9. The predicted octanol–water partition coefficient (Wildman–Crippen LogP) is 5.57. The van der Waals surface area contributed by atoms with Crippen LogP contribution in [-0.2, 0) is 18.3 Å². The van der Waals surface area contributed by atoms with Crippen molar-refractivity contribution in [3.8, 4) is 11.5 Å². The Morgan fingerprint density at radius 1 is 0.833 bits per heavy atom. The highest BCUT2D eigenvalue weighted by atomic mass is 16.3. The van der Waals surface area contributed by atoms with Gasteiger partial charge < -0.3 is 10.2 Å². The van der Waals surface area contributed by atoms with Gasteiger partial charge in [-0.25, -0.2) is 0 Å². The number of rotatable bonds is 6. The summed E-state index contributed by atoms with van der Waals surface area (Å²) in [5.41, 5.74) is 4.26. The summed E-state index contributed by atoms with van der Waals surface area (Å²) in [5, 5.41) is 20.1. The highest BCUT2D eigenvalue weighted by Crippen LogP contribution is 2.40. The molecule has 2 aromatic rings. The SMILES string of the molecule is CCc1cc(C(C)(CC(C)C)c2ccc(O)c(CC)c2)ccc1O. The van der Waals surface area contributed by atoms with Crippen molar-refractivity contribution in [3.63, 3.8) is 0 Å². The third-order valence-electron chi connectivity index (χ3n) is 5.01. The molecule has 0 heterocycles. The summed E-state index contributed by atoms with van der Waals surface area (Å²) >= 11 is 0. The standard InChI is InChI=1S/C22H30O2/c1-6-16-12-18(8-10-20(16)23)22(5,14-15(3)4)19-9-11-21(24)17(7-2)13-19/h8-13,15,23-24H,6-7,14H2,1-5H3. The van der Waals surface area contributed by atoms with Gasteiger partial charge in [0.2, 0.25) is 0 Å². The van der Waals surface area contributed by atoms with Crippen molar-refractivity contribution in [2.45, 2.75) is 59.3 Å². The zero-order chi connectivity index (χ0) is 17.9. The van der Waals surface area contributed by atoms with Crippen LogP contribution in [0.1, 0.15) is 63.3 Å². The maximum absolute atomic E-state index is 10.0. The van der Waals surface area contributed by atoms with Crippen LogP contribution in [0.5, 0.6) is 11.5 Å². The van der Waals surface area contributed by atoms with Crippen molar-refractivity contribution >= 4 is 0 Å². The summed E-state index contributed by atoms with van der Waals surface area (Å²) in [6.07, 6.45) is 2.63. The number of hydrogen-bond donors (Lipinski definition) is 2. The van der Waals surface area contributed by atoms with Gasteiger partial charge in [0, 0.05) is 5.41 Å². The molecule has 0 unspecified atom stereocenters. The van der Waals surface area contributed by atoms with Crippen molar-refractivity contribution in [1.29, 1.82) is 0 Å². The third-order valence-corrected chi connectivity index (χ3v) is 5.01. The highest BCUT2D eigenvalue weighted by molar-refractivity contribution is 5.47. The number of hydrogen-bond acceptors (Lipinski definition) is 2. The first kappa shape index (κ1) is 18.4. The molecule has 0 radical (unpaired) electrons. The zero-order valence-corrected chi connectivity index (χ0v) is 15.6. The average Bonchev–Trinajstić information content (AvgIpc) is 2.54. The van der Waals surface area contributed by atoms with E-state index < -0.39 is 0 Å². The van der Waals surface area contributed by atoms with Gasteiger partial charge in [0.1, 0.15) is 11.5 Å². The summed E-state index contributed by atoms with van der Waals surface area (Å²) in [7, 11) is 0. The van der Waals surface area contributed by atoms with Crippen molar-refractivity contribution in [2.24, 2.45) is 5.92 Å². The average molecular weight is 326 g/mol. The van der Waals surface area contributed by atoms with E-state index in [1.54, 1.807) is 0 Å². The number of phenols is 2. The van der Waals surface area contributed by atoms with E-state index in [0.717, 1.165) is 30.4 Å². The molecule has 2 nitrogen and oxygen atoms in total. The monoisotopic (exact) mass is 326 g/mol. The predicted molar refractivity (Wildman–Crippen MR) is 101 cm³/mol. The molecule has 0 amide bonds. The quantitative estimate of drug-likeness (QED) is 0.728. The first-order valence-electron chi connectivity index (χ1n) is 8.96. The Balaban J connectivity index is 2.62. The van der Waals surface area contributed by atoms with E-state index in [1.807, 2.05) is 24.3 Å².